The van der Waals surface area contributed by atoms with E-state index in [0.717, 1.165) is 63.7 Å². The van der Waals surface area contributed by atoms with Crippen molar-refractivity contribution in [3.8, 4) is 0 Å². The summed E-state index contributed by atoms with van der Waals surface area (Å²) in [4.78, 5) is 37.3. The first-order chi connectivity index (χ1) is 21.9. The van der Waals surface area contributed by atoms with Gasteiger partial charge in [0.2, 0.25) is 0 Å². The van der Waals surface area contributed by atoms with Gasteiger partial charge in [0, 0.05) is 19.3 Å². The summed E-state index contributed by atoms with van der Waals surface area (Å²) in [5, 5.41) is 0. The van der Waals surface area contributed by atoms with E-state index in [1.165, 1.54) is 103 Å². The van der Waals surface area contributed by atoms with Gasteiger partial charge in [0.25, 0.3) is 0 Å². The van der Waals surface area contributed by atoms with Crippen molar-refractivity contribution in [1.82, 2.24) is 0 Å². The van der Waals surface area contributed by atoms with Crippen molar-refractivity contribution in [2.24, 2.45) is 5.92 Å². The quantitative estimate of drug-likeness (QED) is 0.0396. The summed E-state index contributed by atoms with van der Waals surface area (Å²) >= 11 is 0. The maximum Gasteiger partial charge on any atom is 0.306 e. The van der Waals surface area contributed by atoms with E-state index in [1.54, 1.807) is 0 Å². The molecule has 0 saturated carbocycles. The molecule has 266 valence electrons. The van der Waals surface area contributed by atoms with E-state index in [4.69, 9.17) is 14.2 Å². The Morgan fingerprint density at radius 1 is 0.444 bits per heavy atom. The molecular weight excluding hydrogens is 564 g/mol. The molecule has 2 atom stereocenters. The molecule has 45 heavy (non-hydrogen) atoms. The molecule has 0 aliphatic rings. The molecule has 6 heteroatoms. The van der Waals surface area contributed by atoms with Crippen molar-refractivity contribution < 1.29 is 28.6 Å². The van der Waals surface area contributed by atoms with Crippen molar-refractivity contribution in [3.63, 3.8) is 0 Å². The van der Waals surface area contributed by atoms with E-state index < -0.39 is 6.10 Å². The van der Waals surface area contributed by atoms with Crippen LogP contribution in [0.5, 0.6) is 0 Å². The molecule has 0 fully saturated rings. The van der Waals surface area contributed by atoms with E-state index in [9.17, 15) is 14.4 Å². The highest BCUT2D eigenvalue weighted by molar-refractivity contribution is 5.71. The van der Waals surface area contributed by atoms with Gasteiger partial charge in [0.05, 0.1) is 0 Å². The summed E-state index contributed by atoms with van der Waals surface area (Å²) < 4.78 is 16.5. The average molecular weight is 639 g/mol. The zero-order valence-corrected chi connectivity index (χ0v) is 30.3. The van der Waals surface area contributed by atoms with Crippen LogP contribution in [0.2, 0.25) is 0 Å². The van der Waals surface area contributed by atoms with E-state index in [0.29, 0.717) is 19.3 Å². The van der Waals surface area contributed by atoms with Crippen molar-refractivity contribution >= 4 is 17.9 Å². The molecule has 0 N–H and O–H groups in total. The largest absolute Gasteiger partial charge is 0.462 e. The smallest absolute Gasteiger partial charge is 0.306 e. The van der Waals surface area contributed by atoms with Crippen LogP contribution in [0.15, 0.2) is 0 Å². The van der Waals surface area contributed by atoms with E-state index in [2.05, 4.69) is 27.7 Å². The third kappa shape index (κ3) is 32.2. The van der Waals surface area contributed by atoms with E-state index >= 15 is 0 Å². The van der Waals surface area contributed by atoms with Crippen LogP contribution in [0, 0.1) is 5.92 Å². The van der Waals surface area contributed by atoms with Gasteiger partial charge >= 0.3 is 17.9 Å². The second kappa shape index (κ2) is 33.8. The fourth-order valence-corrected chi connectivity index (χ4v) is 5.53. The predicted molar refractivity (Wildman–Crippen MR) is 187 cm³/mol. The van der Waals surface area contributed by atoms with Crippen LogP contribution in [0.25, 0.3) is 0 Å². The molecule has 0 amide bonds. The molecule has 0 saturated heterocycles. The molecule has 0 aliphatic heterocycles. The molecule has 0 aromatic rings. The molecule has 0 bridgehead atoms. The fraction of sp³-hybridized carbons (Fsp3) is 0.923. The lowest BCUT2D eigenvalue weighted by molar-refractivity contribution is -0.167. The van der Waals surface area contributed by atoms with Crippen LogP contribution < -0.4 is 0 Å². The van der Waals surface area contributed by atoms with Crippen molar-refractivity contribution in [2.45, 2.75) is 214 Å². The number of unbranched alkanes of at least 4 members (excludes halogenated alkanes) is 20. The molecule has 0 aliphatic carbocycles. The molecular formula is C39H74O6. The first-order valence-electron chi connectivity index (χ1n) is 19.4. The van der Waals surface area contributed by atoms with Gasteiger partial charge in [0.15, 0.2) is 6.10 Å². The molecule has 0 rings (SSSR count). The van der Waals surface area contributed by atoms with Gasteiger partial charge in [0.1, 0.15) is 13.2 Å². The number of carbonyl (C=O) groups is 3. The zero-order chi connectivity index (χ0) is 33.2. The monoisotopic (exact) mass is 639 g/mol. The Kier molecular flexibility index (Phi) is 32.6. The molecule has 0 radical (unpaired) electrons. The lowest BCUT2D eigenvalue weighted by Crippen LogP contribution is -2.30. The minimum absolute atomic E-state index is 0.0662. The Hall–Kier alpha value is -1.59. The van der Waals surface area contributed by atoms with Crippen LogP contribution in [0.4, 0.5) is 0 Å². The molecule has 0 spiro atoms. The summed E-state index contributed by atoms with van der Waals surface area (Å²) in [5.74, 6) is -0.0649. The lowest BCUT2D eigenvalue weighted by atomic mass is 10.00. The number of hydrogen-bond acceptors (Lipinski definition) is 6. The highest BCUT2D eigenvalue weighted by Gasteiger charge is 2.19. The van der Waals surface area contributed by atoms with Crippen LogP contribution >= 0.6 is 0 Å². The van der Waals surface area contributed by atoms with Gasteiger partial charge in [-0.1, -0.05) is 169 Å². The summed E-state index contributed by atoms with van der Waals surface area (Å²) in [5.41, 5.74) is 0. The highest BCUT2D eigenvalue weighted by atomic mass is 16.6. The first kappa shape index (κ1) is 43.4. The number of hydrogen-bond donors (Lipinski definition) is 0. The van der Waals surface area contributed by atoms with E-state index in [1.807, 2.05) is 0 Å². The summed E-state index contributed by atoms with van der Waals surface area (Å²) in [6.45, 7) is 8.88. The van der Waals surface area contributed by atoms with Gasteiger partial charge in [-0.05, 0) is 25.2 Å². The fourth-order valence-electron chi connectivity index (χ4n) is 5.53. The zero-order valence-electron chi connectivity index (χ0n) is 30.3. The molecule has 0 heterocycles. The van der Waals surface area contributed by atoms with Crippen LogP contribution in [0.1, 0.15) is 207 Å². The second-order valence-electron chi connectivity index (χ2n) is 13.5. The van der Waals surface area contributed by atoms with Crippen molar-refractivity contribution in [1.29, 1.82) is 0 Å². The maximum absolute atomic E-state index is 12.6. The number of carbonyl (C=O) groups excluding carboxylic acids is 3. The first-order valence-corrected chi connectivity index (χ1v) is 19.4. The standard InChI is InChI=1S/C39H74O6/c1-5-8-10-12-14-15-16-18-23-27-31-38(41)44-34-36(33-43-37(40)30-26-22-17-13-11-9-6-2)45-39(42)32-28-24-20-19-21-25-29-35(4)7-3/h35-36H,5-34H2,1-4H3/t35?,36-/m1/s1. The SMILES string of the molecule is CCCCCCCCCCCCC(=O)OC[C@@H](COC(=O)CCCCCCCCC)OC(=O)CCCCCCCCC(C)CC. The number of ether oxygens (including phenoxy) is 3. The minimum Gasteiger partial charge on any atom is -0.462 e. The average Bonchev–Trinajstić information content (AvgIpc) is 3.03. The van der Waals surface area contributed by atoms with Gasteiger partial charge in [-0.2, -0.15) is 0 Å². The molecule has 6 nitrogen and oxygen atoms in total. The second-order valence-corrected chi connectivity index (χ2v) is 13.5. The highest BCUT2D eigenvalue weighted by Crippen LogP contribution is 2.16. The number of rotatable bonds is 34. The molecule has 0 aromatic carbocycles. The normalized spacial score (nSPS) is 12.5. The van der Waals surface area contributed by atoms with E-state index in [-0.39, 0.29) is 31.1 Å². The molecule has 1 unspecified atom stereocenters. The van der Waals surface area contributed by atoms with Gasteiger partial charge in [-0.15, -0.1) is 0 Å². The van der Waals surface area contributed by atoms with Gasteiger partial charge < -0.3 is 14.2 Å². The Bertz CT molecular complexity index is 678. The van der Waals surface area contributed by atoms with Gasteiger partial charge in [-0.3, -0.25) is 14.4 Å². The molecule has 0 aromatic heterocycles. The van der Waals surface area contributed by atoms with Crippen LogP contribution in [-0.2, 0) is 28.6 Å². The summed E-state index contributed by atoms with van der Waals surface area (Å²) in [6, 6.07) is 0. The number of esters is 3. The maximum atomic E-state index is 12.6. The van der Waals surface area contributed by atoms with Crippen LogP contribution in [0.3, 0.4) is 0 Å². The topological polar surface area (TPSA) is 78.9 Å². The minimum atomic E-state index is -0.757. The summed E-state index contributed by atoms with van der Waals surface area (Å²) in [6.07, 6.45) is 29.5. The van der Waals surface area contributed by atoms with Crippen molar-refractivity contribution in [3.05, 3.63) is 0 Å². The summed E-state index contributed by atoms with van der Waals surface area (Å²) in [7, 11) is 0. The van der Waals surface area contributed by atoms with Gasteiger partial charge in [-0.25, -0.2) is 0 Å². The lowest BCUT2D eigenvalue weighted by Gasteiger charge is -2.18. The Morgan fingerprint density at radius 2 is 0.778 bits per heavy atom. The third-order valence-electron chi connectivity index (χ3n) is 8.90. The Labute approximate surface area is 278 Å². The predicted octanol–water partition coefficient (Wildman–Crippen LogP) is 11.6. The third-order valence-corrected chi connectivity index (χ3v) is 8.90. The Morgan fingerprint density at radius 3 is 1.16 bits per heavy atom. The van der Waals surface area contributed by atoms with Crippen LogP contribution in [-0.4, -0.2) is 37.2 Å². The Balaban J connectivity index is 4.35. The van der Waals surface area contributed by atoms with Crippen molar-refractivity contribution in [2.75, 3.05) is 13.2 Å².